The van der Waals surface area contributed by atoms with E-state index in [1.165, 1.54) is 5.56 Å². The van der Waals surface area contributed by atoms with Gasteiger partial charge in [0.05, 0.1) is 11.4 Å². The van der Waals surface area contributed by atoms with Crippen molar-refractivity contribution in [1.82, 2.24) is 9.78 Å². The Hall–Kier alpha value is -1.13. The summed E-state index contributed by atoms with van der Waals surface area (Å²) >= 11 is 3.60. The van der Waals surface area contributed by atoms with Gasteiger partial charge in [0.15, 0.2) is 0 Å². The van der Waals surface area contributed by atoms with Gasteiger partial charge in [0.1, 0.15) is 0 Å². The van der Waals surface area contributed by atoms with Gasteiger partial charge >= 0.3 is 0 Å². The van der Waals surface area contributed by atoms with E-state index < -0.39 is 0 Å². The molecule has 2 N–H and O–H groups in total. The average Bonchev–Trinajstić information content (AvgIpc) is 2.79. The van der Waals surface area contributed by atoms with Crippen LogP contribution in [-0.4, -0.2) is 16.3 Å². The van der Waals surface area contributed by atoms with Crippen LogP contribution in [0.25, 0.3) is 5.69 Å². The number of benzene rings is 1. The SMILES string of the molecule is CC(C)c1ccn(-c2ccc(CCN)cc2Br)n1. The summed E-state index contributed by atoms with van der Waals surface area (Å²) in [5.74, 6) is 0.446. The molecule has 0 aliphatic carbocycles. The van der Waals surface area contributed by atoms with Crippen LogP contribution >= 0.6 is 15.9 Å². The fourth-order valence-corrected chi connectivity index (χ4v) is 2.45. The standard InChI is InChI=1S/C14H18BrN3/c1-10(2)13-6-8-18(17-13)14-4-3-11(5-7-16)9-12(14)15/h3-4,6,8-10H,5,7,16H2,1-2H3. The molecular formula is C14H18BrN3. The van der Waals surface area contributed by atoms with Gasteiger partial charge in [-0.05, 0) is 58.6 Å². The second-order valence-electron chi connectivity index (χ2n) is 4.66. The molecule has 0 radical (unpaired) electrons. The van der Waals surface area contributed by atoms with Crippen molar-refractivity contribution in [3.05, 3.63) is 46.2 Å². The Bertz CT molecular complexity index is 532. The van der Waals surface area contributed by atoms with Crippen molar-refractivity contribution in [2.24, 2.45) is 5.73 Å². The number of halogens is 1. The van der Waals surface area contributed by atoms with Gasteiger partial charge in [-0.15, -0.1) is 0 Å². The van der Waals surface area contributed by atoms with Crippen LogP contribution < -0.4 is 5.73 Å². The predicted molar refractivity (Wildman–Crippen MR) is 78.1 cm³/mol. The quantitative estimate of drug-likeness (QED) is 0.942. The zero-order valence-electron chi connectivity index (χ0n) is 10.7. The minimum absolute atomic E-state index is 0.446. The highest BCUT2D eigenvalue weighted by Crippen LogP contribution is 2.23. The van der Waals surface area contributed by atoms with E-state index in [2.05, 4.69) is 59.1 Å². The molecule has 0 atom stereocenters. The highest BCUT2D eigenvalue weighted by atomic mass is 79.9. The highest BCUT2D eigenvalue weighted by Gasteiger charge is 2.07. The van der Waals surface area contributed by atoms with Gasteiger partial charge in [0.2, 0.25) is 0 Å². The van der Waals surface area contributed by atoms with E-state index in [0.29, 0.717) is 12.5 Å². The molecular weight excluding hydrogens is 290 g/mol. The van der Waals surface area contributed by atoms with Gasteiger partial charge in [-0.1, -0.05) is 19.9 Å². The van der Waals surface area contributed by atoms with Crippen LogP contribution in [0.2, 0.25) is 0 Å². The Morgan fingerprint density at radius 1 is 1.33 bits per heavy atom. The Morgan fingerprint density at radius 2 is 2.11 bits per heavy atom. The van der Waals surface area contributed by atoms with E-state index in [0.717, 1.165) is 22.3 Å². The van der Waals surface area contributed by atoms with Crippen molar-refractivity contribution in [2.45, 2.75) is 26.2 Å². The zero-order valence-corrected chi connectivity index (χ0v) is 12.3. The molecule has 0 saturated heterocycles. The molecule has 18 heavy (non-hydrogen) atoms. The largest absolute Gasteiger partial charge is 0.330 e. The van der Waals surface area contributed by atoms with Crippen molar-refractivity contribution in [3.8, 4) is 5.69 Å². The first-order valence-electron chi connectivity index (χ1n) is 6.16. The van der Waals surface area contributed by atoms with Crippen LogP contribution in [0, 0.1) is 0 Å². The van der Waals surface area contributed by atoms with Gasteiger partial charge in [0.25, 0.3) is 0 Å². The lowest BCUT2D eigenvalue weighted by atomic mass is 10.1. The number of hydrogen-bond donors (Lipinski definition) is 1. The monoisotopic (exact) mass is 307 g/mol. The second kappa shape index (κ2) is 5.67. The van der Waals surface area contributed by atoms with E-state index in [1.807, 2.05) is 10.9 Å². The maximum Gasteiger partial charge on any atom is 0.0787 e. The molecule has 1 aromatic carbocycles. The molecule has 0 fully saturated rings. The van der Waals surface area contributed by atoms with Crippen LogP contribution in [0.5, 0.6) is 0 Å². The van der Waals surface area contributed by atoms with Gasteiger partial charge in [-0.25, -0.2) is 4.68 Å². The molecule has 0 saturated carbocycles. The van der Waals surface area contributed by atoms with Crippen LogP contribution in [0.3, 0.4) is 0 Å². The smallest absolute Gasteiger partial charge is 0.0787 e. The molecule has 0 aliphatic heterocycles. The van der Waals surface area contributed by atoms with Crippen LogP contribution in [0.1, 0.15) is 31.0 Å². The molecule has 0 spiro atoms. The Morgan fingerprint density at radius 3 is 2.67 bits per heavy atom. The summed E-state index contributed by atoms with van der Waals surface area (Å²) in [4.78, 5) is 0. The van der Waals surface area contributed by atoms with Crippen molar-refractivity contribution < 1.29 is 0 Å². The van der Waals surface area contributed by atoms with E-state index in [9.17, 15) is 0 Å². The first-order valence-corrected chi connectivity index (χ1v) is 6.95. The number of aromatic nitrogens is 2. The molecule has 1 aromatic heterocycles. The zero-order chi connectivity index (χ0) is 13.1. The van der Waals surface area contributed by atoms with E-state index >= 15 is 0 Å². The summed E-state index contributed by atoms with van der Waals surface area (Å²) in [6.45, 7) is 4.96. The number of nitrogens with two attached hydrogens (primary N) is 1. The molecule has 2 aromatic rings. The Balaban J connectivity index is 2.32. The molecule has 0 bridgehead atoms. The van der Waals surface area contributed by atoms with Crippen molar-refractivity contribution in [3.63, 3.8) is 0 Å². The number of hydrogen-bond acceptors (Lipinski definition) is 2. The Kier molecular flexibility index (Phi) is 4.19. The summed E-state index contributed by atoms with van der Waals surface area (Å²) in [5, 5.41) is 4.58. The maximum atomic E-state index is 5.56. The first kappa shape index (κ1) is 13.3. The number of nitrogens with zero attached hydrogens (tertiary/aromatic N) is 2. The molecule has 96 valence electrons. The fraction of sp³-hybridized carbons (Fsp3) is 0.357. The molecule has 0 amide bonds. The van der Waals surface area contributed by atoms with Crippen molar-refractivity contribution in [1.29, 1.82) is 0 Å². The lowest BCUT2D eigenvalue weighted by molar-refractivity contribution is 0.766. The summed E-state index contributed by atoms with van der Waals surface area (Å²) in [7, 11) is 0. The third kappa shape index (κ3) is 2.82. The average molecular weight is 308 g/mol. The maximum absolute atomic E-state index is 5.56. The summed E-state index contributed by atoms with van der Waals surface area (Å²) in [5.41, 5.74) is 8.97. The highest BCUT2D eigenvalue weighted by molar-refractivity contribution is 9.10. The predicted octanol–water partition coefficient (Wildman–Crippen LogP) is 3.26. The molecule has 3 nitrogen and oxygen atoms in total. The van der Waals surface area contributed by atoms with E-state index in [1.54, 1.807) is 0 Å². The van der Waals surface area contributed by atoms with Gasteiger partial charge in [0, 0.05) is 10.7 Å². The van der Waals surface area contributed by atoms with Crippen LogP contribution in [-0.2, 0) is 6.42 Å². The number of rotatable bonds is 4. The third-order valence-corrected chi connectivity index (χ3v) is 3.53. The molecule has 4 heteroatoms. The van der Waals surface area contributed by atoms with Crippen LogP contribution in [0.4, 0.5) is 0 Å². The molecule has 1 heterocycles. The topological polar surface area (TPSA) is 43.8 Å². The van der Waals surface area contributed by atoms with E-state index in [-0.39, 0.29) is 0 Å². The molecule has 2 rings (SSSR count). The van der Waals surface area contributed by atoms with Crippen molar-refractivity contribution in [2.75, 3.05) is 6.54 Å². The Labute approximate surface area is 116 Å². The second-order valence-corrected chi connectivity index (χ2v) is 5.52. The van der Waals surface area contributed by atoms with Gasteiger partial charge < -0.3 is 5.73 Å². The van der Waals surface area contributed by atoms with Gasteiger partial charge in [-0.3, -0.25) is 0 Å². The summed E-state index contributed by atoms with van der Waals surface area (Å²) in [6.07, 6.45) is 2.90. The van der Waals surface area contributed by atoms with Gasteiger partial charge in [-0.2, -0.15) is 5.10 Å². The lowest BCUT2D eigenvalue weighted by Crippen LogP contribution is -2.04. The first-order chi connectivity index (χ1) is 8.61. The third-order valence-electron chi connectivity index (χ3n) is 2.89. The summed E-state index contributed by atoms with van der Waals surface area (Å²) in [6, 6.07) is 8.35. The van der Waals surface area contributed by atoms with Crippen LogP contribution in [0.15, 0.2) is 34.9 Å². The van der Waals surface area contributed by atoms with Crippen molar-refractivity contribution >= 4 is 15.9 Å². The molecule has 0 unspecified atom stereocenters. The van der Waals surface area contributed by atoms with E-state index in [4.69, 9.17) is 5.73 Å². The normalized spacial score (nSPS) is 11.2. The summed E-state index contributed by atoms with van der Waals surface area (Å²) < 4.78 is 2.96. The minimum Gasteiger partial charge on any atom is -0.330 e. The minimum atomic E-state index is 0.446. The molecule has 0 aliphatic rings. The lowest BCUT2D eigenvalue weighted by Gasteiger charge is -2.07. The fourth-order valence-electron chi connectivity index (χ4n) is 1.84.